The maximum atomic E-state index is 5.43. The Morgan fingerprint density at radius 2 is 2.20 bits per heavy atom. The number of rotatable bonds is 7. The van der Waals surface area contributed by atoms with Crippen LogP contribution in [0.4, 0.5) is 0 Å². The second kappa shape index (κ2) is 7.61. The summed E-state index contributed by atoms with van der Waals surface area (Å²) in [6, 6.07) is 6.33. The third kappa shape index (κ3) is 4.19. The fourth-order valence-corrected chi connectivity index (χ4v) is 3.59. The molecule has 0 atom stereocenters. The van der Waals surface area contributed by atoms with E-state index in [1.54, 1.807) is 30.2 Å². The van der Waals surface area contributed by atoms with Gasteiger partial charge in [0.1, 0.15) is 10.8 Å². The number of benzene rings is 1. The van der Waals surface area contributed by atoms with E-state index in [0.717, 1.165) is 33.9 Å². The molecular weight excluding hydrogens is 290 g/mol. The summed E-state index contributed by atoms with van der Waals surface area (Å²) in [5.41, 5.74) is 2.47. The SMILES string of the molecule is CCNCc1ccc(OC)c(CSc2nnc(C)s2)c1. The van der Waals surface area contributed by atoms with Gasteiger partial charge >= 0.3 is 0 Å². The van der Waals surface area contributed by atoms with Crippen LogP contribution in [0.2, 0.25) is 0 Å². The number of nitrogens with zero attached hydrogens (tertiary/aromatic N) is 2. The predicted octanol–water partition coefficient (Wildman–Crippen LogP) is 3.26. The van der Waals surface area contributed by atoms with Crippen molar-refractivity contribution in [1.82, 2.24) is 15.5 Å². The summed E-state index contributed by atoms with van der Waals surface area (Å²) in [4.78, 5) is 0. The van der Waals surface area contributed by atoms with Gasteiger partial charge in [-0.1, -0.05) is 36.1 Å². The molecule has 0 radical (unpaired) electrons. The Kier molecular flexibility index (Phi) is 5.82. The van der Waals surface area contributed by atoms with Crippen molar-refractivity contribution in [2.75, 3.05) is 13.7 Å². The van der Waals surface area contributed by atoms with Gasteiger partial charge in [0.05, 0.1) is 7.11 Å². The number of ether oxygens (including phenoxy) is 1. The van der Waals surface area contributed by atoms with Crippen LogP contribution < -0.4 is 10.1 Å². The van der Waals surface area contributed by atoms with E-state index >= 15 is 0 Å². The van der Waals surface area contributed by atoms with E-state index in [1.807, 2.05) is 13.0 Å². The smallest absolute Gasteiger partial charge is 0.174 e. The lowest BCUT2D eigenvalue weighted by atomic mass is 10.1. The Balaban J connectivity index is 2.07. The summed E-state index contributed by atoms with van der Waals surface area (Å²) in [5.74, 6) is 1.77. The molecule has 108 valence electrons. The summed E-state index contributed by atoms with van der Waals surface area (Å²) in [7, 11) is 1.71. The standard InChI is InChI=1S/C14H19N3OS2/c1-4-15-8-11-5-6-13(18-3)12(7-11)9-19-14-17-16-10(2)20-14/h5-7,15H,4,8-9H2,1-3H3. The van der Waals surface area contributed by atoms with Crippen molar-refractivity contribution in [2.24, 2.45) is 0 Å². The van der Waals surface area contributed by atoms with E-state index in [1.165, 1.54) is 11.1 Å². The maximum Gasteiger partial charge on any atom is 0.174 e. The lowest BCUT2D eigenvalue weighted by molar-refractivity contribution is 0.411. The second-order valence-electron chi connectivity index (χ2n) is 4.30. The van der Waals surface area contributed by atoms with E-state index < -0.39 is 0 Å². The number of aryl methyl sites for hydroxylation is 1. The molecule has 0 aliphatic carbocycles. The topological polar surface area (TPSA) is 47.0 Å². The third-order valence-corrected chi connectivity index (χ3v) is 4.80. The Hall–Kier alpha value is -1.11. The van der Waals surface area contributed by atoms with Gasteiger partial charge in [-0.25, -0.2) is 0 Å². The highest BCUT2D eigenvalue weighted by atomic mass is 32.2. The molecular formula is C14H19N3OS2. The van der Waals surface area contributed by atoms with Crippen LogP contribution in [0.3, 0.4) is 0 Å². The van der Waals surface area contributed by atoms with E-state index in [0.29, 0.717) is 0 Å². The average molecular weight is 309 g/mol. The lowest BCUT2D eigenvalue weighted by Gasteiger charge is -2.10. The monoisotopic (exact) mass is 309 g/mol. The van der Waals surface area contributed by atoms with Crippen LogP contribution in [-0.2, 0) is 12.3 Å². The highest BCUT2D eigenvalue weighted by Crippen LogP contribution is 2.30. The van der Waals surface area contributed by atoms with Crippen LogP contribution in [0.1, 0.15) is 23.1 Å². The molecule has 4 nitrogen and oxygen atoms in total. The fourth-order valence-electron chi connectivity index (χ4n) is 1.80. The molecule has 20 heavy (non-hydrogen) atoms. The Morgan fingerprint density at radius 1 is 1.35 bits per heavy atom. The molecule has 1 aromatic carbocycles. The number of thioether (sulfide) groups is 1. The molecule has 1 N–H and O–H groups in total. The molecule has 2 aromatic rings. The van der Waals surface area contributed by atoms with Crippen molar-refractivity contribution in [3.8, 4) is 5.75 Å². The van der Waals surface area contributed by atoms with E-state index in [4.69, 9.17) is 4.74 Å². The van der Waals surface area contributed by atoms with Crippen LogP contribution in [0.25, 0.3) is 0 Å². The van der Waals surface area contributed by atoms with Gasteiger partial charge in [-0.3, -0.25) is 0 Å². The quantitative estimate of drug-likeness (QED) is 0.796. The van der Waals surface area contributed by atoms with Crippen LogP contribution in [0, 0.1) is 6.92 Å². The molecule has 1 heterocycles. The number of nitrogens with one attached hydrogen (secondary N) is 1. The molecule has 0 amide bonds. The Bertz CT molecular complexity index is 557. The summed E-state index contributed by atoms with van der Waals surface area (Å²) < 4.78 is 6.43. The van der Waals surface area contributed by atoms with E-state index in [2.05, 4.69) is 34.6 Å². The van der Waals surface area contributed by atoms with Gasteiger partial charge in [-0.05, 0) is 31.2 Å². The Morgan fingerprint density at radius 3 is 2.85 bits per heavy atom. The molecule has 6 heteroatoms. The molecule has 0 bridgehead atoms. The van der Waals surface area contributed by atoms with Crippen molar-refractivity contribution in [2.45, 2.75) is 30.5 Å². The molecule has 0 unspecified atom stereocenters. The van der Waals surface area contributed by atoms with Gasteiger partial charge in [-0.2, -0.15) is 0 Å². The molecule has 0 aliphatic rings. The first-order valence-corrected chi connectivity index (χ1v) is 8.32. The van der Waals surface area contributed by atoms with Crippen LogP contribution in [-0.4, -0.2) is 23.9 Å². The maximum absolute atomic E-state index is 5.43. The van der Waals surface area contributed by atoms with Gasteiger partial charge in [0.25, 0.3) is 0 Å². The van der Waals surface area contributed by atoms with Gasteiger partial charge in [-0.15, -0.1) is 10.2 Å². The zero-order valence-electron chi connectivity index (χ0n) is 12.0. The average Bonchev–Trinajstić information content (AvgIpc) is 2.88. The fraction of sp³-hybridized carbons (Fsp3) is 0.429. The first-order chi connectivity index (χ1) is 9.72. The molecule has 0 spiro atoms. The van der Waals surface area contributed by atoms with Gasteiger partial charge in [0, 0.05) is 17.9 Å². The number of methoxy groups -OCH3 is 1. The first-order valence-electron chi connectivity index (χ1n) is 6.52. The number of hydrogen-bond donors (Lipinski definition) is 1. The molecule has 0 saturated heterocycles. The summed E-state index contributed by atoms with van der Waals surface area (Å²) >= 11 is 3.33. The Labute approximate surface area is 128 Å². The highest BCUT2D eigenvalue weighted by molar-refractivity contribution is 8.00. The number of aromatic nitrogens is 2. The van der Waals surface area contributed by atoms with Crippen molar-refractivity contribution >= 4 is 23.1 Å². The van der Waals surface area contributed by atoms with Crippen LogP contribution >= 0.6 is 23.1 Å². The minimum Gasteiger partial charge on any atom is -0.496 e. The normalized spacial score (nSPS) is 10.8. The second-order valence-corrected chi connectivity index (χ2v) is 6.71. The zero-order chi connectivity index (χ0) is 14.4. The summed E-state index contributed by atoms with van der Waals surface area (Å²) in [6.45, 7) is 5.94. The van der Waals surface area contributed by atoms with Crippen molar-refractivity contribution in [3.63, 3.8) is 0 Å². The van der Waals surface area contributed by atoms with Crippen molar-refractivity contribution in [3.05, 3.63) is 34.3 Å². The van der Waals surface area contributed by atoms with Gasteiger partial charge in [0.2, 0.25) is 0 Å². The first kappa shape index (κ1) is 15.3. The van der Waals surface area contributed by atoms with Crippen molar-refractivity contribution < 1.29 is 4.74 Å². The lowest BCUT2D eigenvalue weighted by Crippen LogP contribution is -2.11. The minimum absolute atomic E-state index is 0.845. The third-order valence-electron chi connectivity index (χ3n) is 2.78. The molecule has 1 aromatic heterocycles. The minimum atomic E-state index is 0.845. The van der Waals surface area contributed by atoms with E-state index in [-0.39, 0.29) is 0 Å². The molecule has 0 aliphatic heterocycles. The van der Waals surface area contributed by atoms with Gasteiger partial charge < -0.3 is 10.1 Å². The highest BCUT2D eigenvalue weighted by Gasteiger charge is 2.07. The van der Waals surface area contributed by atoms with Crippen molar-refractivity contribution in [1.29, 1.82) is 0 Å². The predicted molar refractivity (Wildman–Crippen MR) is 84.6 cm³/mol. The molecule has 2 rings (SSSR count). The van der Waals surface area contributed by atoms with Crippen LogP contribution in [0.15, 0.2) is 22.5 Å². The molecule has 0 saturated carbocycles. The summed E-state index contributed by atoms with van der Waals surface area (Å²) in [5, 5.41) is 12.5. The van der Waals surface area contributed by atoms with Crippen LogP contribution in [0.5, 0.6) is 5.75 Å². The molecule has 0 fully saturated rings. The number of hydrogen-bond acceptors (Lipinski definition) is 6. The van der Waals surface area contributed by atoms with Gasteiger partial charge in [0.15, 0.2) is 4.34 Å². The largest absolute Gasteiger partial charge is 0.496 e. The zero-order valence-corrected chi connectivity index (χ0v) is 13.6. The summed E-state index contributed by atoms with van der Waals surface area (Å²) in [6.07, 6.45) is 0. The van der Waals surface area contributed by atoms with E-state index in [9.17, 15) is 0 Å².